The lowest BCUT2D eigenvalue weighted by molar-refractivity contribution is -0.139. The molecule has 0 saturated heterocycles. The molecule has 0 aliphatic heterocycles. The number of amides is 4. The van der Waals surface area contributed by atoms with Crippen molar-refractivity contribution >= 4 is 52.7 Å². The Hall–Kier alpha value is -4.08. The first-order valence-electron chi connectivity index (χ1n) is 12.6. The van der Waals surface area contributed by atoms with Gasteiger partial charge in [-0.3, -0.25) is 9.59 Å². The number of nitrogens with one attached hydrogen (secondary N) is 4. The summed E-state index contributed by atoms with van der Waals surface area (Å²) < 4.78 is 0. The molecule has 0 bridgehead atoms. The van der Waals surface area contributed by atoms with Crippen LogP contribution in [0.3, 0.4) is 0 Å². The number of carboxylic acid groups (broad SMARTS) is 1. The molecule has 208 valence electrons. The fraction of sp³-hybridized carbons (Fsp3) is 0.241. The van der Waals surface area contributed by atoms with Gasteiger partial charge in [-0.25, -0.2) is 9.59 Å². The van der Waals surface area contributed by atoms with Gasteiger partial charge in [-0.2, -0.15) is 0 Å². The standard InChI is InChI=1S/C29H28Cl2N4O5/c1-16-5-4-6-17(13-16)14-24(36)33-22-12-10-20(30)25(26(22)31)27(37)34-23(28(38)39)15-32-29(40)35-21-11-9-18-7-2-3-8-19(18)21/h2-8,10,12-13,21,23H,9,11,14-15H2,1H3,(H,33,36)(H,34,37)(H,38,39)(H2,32,35,40)/t21-,23?/m1/s1. The molecule has 5 N–H and O–H groups in total. The minimum absolute atomic E-state index is 0.0334. The molecule has 0 heterocycles. The molecule has 4 amide bonds. The van der Waals surface area contributed by atoms with Gasteiger partial charge in [0.1, 0.15) is 6.04 Å². The van der Waals surface area contributed by atoms with E-state index in [0.717, 1.165) is 35.1 Å². The van der Waals surface area contributed by atoms with Gasteiger partial charge in [0, 0.05) is 0 Å². The molecule has 1 unspecified atom stereocenters. The molecule has 0 aromatic heterocycles. The van der Waals surface area contributed by atoms with Gasteiger partial charge in [0.15, 0.2) is 0 Å². The van der Waals surface area contributed by atoms with Crippen LogP contribution in [0.15, 0.2) is 60.7 Å². The number of hydrogen-bond donors (Lipinski definition) is 5. The smallest absolute Gasteiger partial charge is 0.328 e. The zero-order valence-electron chi connectivity index (χ0n) is 21.6. The number of anilines is 1. The predicted octanol–water partition coefficient (Wildman–Crippen LogP) is 4.65. The van der Waals surface area contributed by atoms with Gasteiger partial charge >= 0.3 is 12.0 Å². The quantitative estimate of drug-likeness (QED) is 0.250. The number of urea groups is 1. The summed E-state index contributed by atoms with van der Waals surface area (Å²) in [5.74, 6) is -2.59. The molecule has 3 aromatic carbocycles. The van der Waals surface area contributed by atoms with E-state index in [-0.39, 0.29) is 46.2 Å². The van der Waals surface area contributed by atoms with Crippen molar-refractivity contribution in [1.82, 2.24) is 16.0 Å². The monoisotopic (exact) mass is 582 g/mol. The molecule has 11 heteroatoms. The zero-order chi connectivity index (χ0) is 28.8. The number of aryl methyl sites for hydroxylation is 2. The minimum Gasteiger partial charge on any atom is -0.480 e. The van der Waals surface area contributed by atoms with Gasteiger partial charge in [0.25, 0.3) is 5.91 Å². The summed E-state index contributed by atoms with van der Waals surface area (Å²) in [5.41, 5.74) is 3.95. The fourth-order valence-corrected chi connectivity index (χ4v) is 5.19. The molecule has 2 atom stereocenters. The number of hydrogen-bond acceptors (Lipinski definition) is 4. The Kier molecular flexibility index (Phi) is 9.29. The lowest BCUT2D eigenvalue weighted by Gasteiger charge is -2.19. The number of fused-ring (bicyclic) bond motifs is 1. The van der Waals surface area contributed by atoms with E-state index in [0.29, 0.717) is 0 Å². The third-order valence-corrected chi connectivity index (χ3v) is 7.26. The van der Waals surface area contributed by atoms with Crippen LogP contribution in [0.4, 0.5) is 10.5 Å². The van der Waals surface area contributed by atoms with Crippen LogP contribution in [0.25, 0.3) is 0 Å². The average molecular weight is 583 g/mol. The first kappa shape index (κ1) is 28.9. The fourth-order valence-electron chi connectivity index (χ4n) is 4.60. The third-order valence-electron chi connectivity index (χ3n) is 6.55. The summed E-state index contributed by atoms with van der Waals surface area (Å²) >= 11 is 12.6. The average Bonchev–Trinajstić information content (AvgIpc) is 3.30. The van der Waals surface area contributed by atoms with E-state index in [9.17, 15) is 24.3 Å². The Morgan fingerprint density at radius 1 is 1.02 bits per heavy atom. The van der Waals surface area contributed by atoms with Gasteiger partial charge in [-0.05, 0) is 48.6 Å². The molecule has 1 aliphatic rings. The van der Waals surface area contributed by atoms with Crippen molar-refractivity contribution in [3.05, 3.63) is 98.5 Å². The molecular weight excluding hydrogens is 555 g/mol. The number of benzene rings is 3. The van der Waals surface area contributed by atoms with Crippen molar-refractivity contribution < 1.29 is 24.3 Å². The molecule has 0 radical (unpaired) electrons. The Morgan fingerprint density at radius 3 is 2.55 bits per heavy atom. The van der Waals surface area contributed by atoms with Crippen molar-refractivity contribution in [3.8, 4) is 0 Å². The highest BCUT2D eigenvalue weighted by Crippen LogP contribution is 2.32. The van der Waals surface area contributed by atoms with Crippen molar-refractivity contribution in [3.63, 3.8) is 0 Å². The second kappa shape index (κ2) is 12.8. The maximum absolute atomic E-state index is 13.0. The Labute approximate surface area is 241 Å². The largest absolute Gasteiger partial charge is 0.480 e. The molecule has 9 nitrogen and oxygen atoms in total. The summed E-state index contributed by atoms with van der Waals surface area (Å²) in [6.07, 6.45) is 1.66. The van der Waals surface area contributed by atoms with Crippen LogP contribution in [0.5, 0.6) is 0 Å². The van der Waals surface area contributed by atoms with Crippen LogP contribution in [0, 0.1) is 6.92 Å². The van der Waals surface area contributed by atoms with Crippen molar-refractivity contribution in [2.75, 3.05) is 11.9 Å². The molecule has 0 saturated carbocycles. The van der Waals surface area contributed by atoms with Crippen molar-refractivity contribution in [1.29, 1.82) is 0 Å². The zero-order valence-corrected chi connectivity index (χ0v) is 23.1. The van der Waals surface area contributed by atoms with Crippen LogP contribution in [-0.4, -0.2) is 41.5 Å². The van der Waals surface area contributed by atoms with Gasteiger partial charge in [-0.15, -0.1) is 0 Å². The molecule has 40 heavy (non-hydrogen) atoms. The Bertz CT molecular complexity index is 1460. The lowest BCUT2D eigenvalue weighted by atomic mass is 10.1. The number of carboxylic acids is 1. The van der Waals surface area contributed by atoms with E-state index in [4.69, 9.17) is 23.2 Å². The number of carbonyl (C=O) groups excluding carboxylic acids is 3. The van der Waals surface area contributed by atoms with E-state index in [1.54, 1.807) is 0 Å². The highest BCUT2D eigenvalue weighted by molar-refractivity contribution is 6.41. The first-order chi connectivity index (χ1) is 19.1. The summed E-state index contributed by atoms with van der Waals surface area (Å²) in [6, 6.07) is 15.9. The second-order valence-electron chi connectivity index (χ2n) is 9.51. The minimum atomic E-state index is -1.47. The maximum Gasteiger partial charge on any atom is 0.328 e. The maximum atomic E-state index is 13.0. The van der Waals surface area contributed by atoms with Gasteiger partial charge < -0.3 is 26.4 Å². The van der Waals surface area contributed by atoms with Crippen molar-refractivity contribution in [2.45, 2.75) is 38.3 Å². The molecule has 0 fully saturated rings. The van der Waals surface area contributed by atoms with E-state index in [1.807, 2.05) is 55.5 Å². The summed E-state index contributed by atoms with van der Waals surface area (Å²) in [5, 5.41) is 19.8. The molecule has 0 spiro atoms. The predicted molar refractivity (Wildman–Crippen MR) is 153 cm³/mol. The highest BCUT2D eigenvalue weighted by Gasteiger charge is 2.27. The molecule has 1 aliphatic carbocycles. The highest BCUT2D eigenvalue weighted by atomic mass is 35.5. The number of aliphatic carboxylic acids is 1. The van der Waals surface area contributed by atoms with Crippen LogP contribution >= 0.6 is 23.2 Å². The van der Waals surface area contributed by atoms with E-state index >= 15 is 0 Å². The van der Waals surface area contributed by atoms with Gasteiger partial charge in [-0.1, -0.05) is 77.3 Å². The lowest BCUT2D eigenvalue weighted by Crippen LogP contribution is -2.50. The van der Waals surface area contributed by atoms with Crippen LogP contribution in [-0.2, 0) is 22.4 Å². The third kappa shape index (κ3) is 7.11. The first-order valence-corrected chi connectivity index (χ1v) is 13.4. The van der Waals surface area contributed by atoms with Gasteiger partial charge in [0.05, 0.1) is 40.3 Å². The van der Waals surface area contributed by atoms with E-state index in [1.165, 1.54) is 12.1 Å². The van der Waals surface area contributed by atoms with Crippen LogP contribution in [0.2, 0.25) is 10.0 Å². The SMILES string of the molecule is Cc1cccc(CC(=O)Nc2ccc(Cl)c(C(=O)NC(CNC(=O)N[C@@H]3CCc4ccccc43)C(=O)O)c2Cl)c1. The second-order valence-corrected chi connectivity index (χ2v) is 10.3. The Morgan fingerprint density at radius 2 is 1.80 bits per heavy atom. The Balaban J connectivity index is 1.38. The topological polar surface area (TPSA) is 137 Å². The van der Waals surface area contributed by atoms with E-state index in [2.05, 4.69) is 21.3 Å². The number of rotatable bonds is 9. The van der Waals surface area contributed by atoms with E-state index < -0.39 is 23.9 Å². The van der Waals surface area contributed by atoms with Crippen LogP contribution in [0.1, 0.15) is 45.1 Å². The summed E-state index contributed by atoms with van der Waals surface area (Å²) in [7, 11) is 0. The summed E-state index contributed by atoms with van der Waals surface area (Å²) in [4.78, 5) is 50.0. The number of carbonyl (C=O) groups is 4. The van der Waals surface area contributed by atoms with Crippen LogP contribution < -0.4 is 21.3 Å². The molecule has 3 aromatic rings. The van der Waals surface area contributed by atoms with Gasteiger partial charge in [0.2, 0.25) is 5.91 Å². The molecular formula is C29H28Cl2N4O5. The van der Waals surface area contributed by atoms with Crippen molar-refractivity contribution in [2.24, 2.45) is 0 Å². The molecule has 4 rings (SSSR count). The number of halogens is 2. The summed E-state index contributed by atoms with van der Waals surface area (Å²) in [6.45, 7) is 1.53. The normalized spacial score (nSPS) is 14.5.